The normalized spacial score (nSPS) is 10.8. The fourth-order valence-corrected chi connectivity index (χ4v) is 2.67. The number of pyridine rings is 1. The van der Waals surface area contributed by atoms with Crippen molar-refractivity contribution >= 4 is 29.7 Å². The Hall–Kier alpha value is -3.45. The zero-order valence-electron chi connectivity index (χ0n) is 15.1. The molecule has 0 aliphatic heterocycles. The fourth-order valence-electron chi connectivity index (χ4n) is 2.47. The minimum absolute atomic E-state index is 0.0939. The van der Waals surface area contributed by atoms with E-state index in [2.05, 4.69) is 15.5 Å². The first-order chi connectivity index (χ1) is 13.5. The zero-order valence-corrected chi connectivity index (χ0v) is 15.9. The first kappa shape index (κ1) is 19.3. The van der Waals surface area contributed by atoms with Gasteiger partial charge in [0.1, 0.15) is 16.7 Å². The Bertz CT molecular complexity index is 1060. The van der Waals surface area contributed by atoms with Crippen molar-refractivity contribution in [3.05, 3.63) is 76.3 Å². The molecular formula is C20H16ClN3O4. The average Bonchev–Trinajstić information content (AvgIpc) is 3.16. The van der Waals surface area contributed by atoms with Crippen molar-refractivity contribution in [2.24, 2.45) is 5.10 Å². The van der Waals surface area contributed by atoms with Crippen LogP contribution in [0.5, 0.6) is 0 Å². The van der Waals surface area contributed by atoms with E-state index in [-0.39, 0.29) is 10.7 Å². The highest BCUT2D eigenvalue weighted by atomic mass is 35.5. The molecule has 28 heavy (non-hydrogen) atoms. The van der Waals surface area contributed by atoms with Gasteiger partial charge in [0, 0.05) is 11.8 Å². The van der Waals surface area contributed by atoms with Crippen LogP contribution in [0.25, 0.3) is 11.3 Å². The molecule has 0 aliphatic carbocycles. The van der Waals surface area contributed by atoms with Crippen LogP contribution in [-0.4, -0.2) is 30.2 Å². The maximum atomic E-state index is 12.0. The van der Waals surface area contributed by atoms with Gasteiger partial charge in [0.05, 0.1) is 24.5 Å². The fraction of sp³-hybridized carbons (Fsp3) is 0.100. The molecule has 0 spiro atoms. The summed E-state index contributed by atoms with van der Waals surface area (Å²) < 4.78 is 10.5. The Kier molecular flexibility index (Phi) is 5.86. The van der Waals surface area contributed by atoms with Crippen LogP contribution in [0.3, 0.4) is 0 Å². The molecule has 1 N–H and O–H groups in total. The lowest BCUT2D eigenvalue weighted by molar-refractivity contribution is 0.0600. The summed E-state index contributed by atoms with van der Waals surface area (Å²) in [6.07, 6.45) is 2.86. The molecule has 0 fully saturated rings. The lowest BCUT2D eigenvalue weighted by Gasteiger charge is -2.05. The summed E-state index contributed by atoms with van der Waals surface area (Å²) in [5.41, 5.74) is 4.70. The second kappa shape index (κ2) is 8.49. The lowest BCUT2D eigenvalue weighted by atomic mass is 10.0. The predicted molar refractivity (Wildman–Crippen MR) is 105 cm³/mol. The topological polar surface area (TPSA) is 93.8 Å². The molecule has 0 aliphatic rings. The summed E-state index contributed by atoms with van der Waals surface area (Å²) in [7, 11) is 1.33. The second-order valence-corrected chi connectivity index (χ2v) is 6.12. The van der Waals surface area contributed by atoms with E-state index < -0.39 is 11.9 Å². The van der Waals surface area contributed by atoms with Crippen LogP contribution in [-0.2, 0) is 4.74 Å². The number of hydrogen-bond donors (Lipinski definition) is 1. The Morgan fingerprint density at radius 1 is 1.25 bits per heavy atom. The largest absolute Gasteiger partial charge is 0.465 e. The molecular weight excluding hydrogens is 382 g/mol. The highest BCUT2D eigenvalue weighted by Crippen LogP contribution is 2.26. The van der Waals surface area contributed by atoms with Gasteiger partial charge in [0.25, 0.3) is 5.91 Å². The molecule has 3 rings (SSSR count). The standard InChI is InChI=1S/C20H16ClN3O4/c1-12-5-6-13(20(26)27-2)10-16(12)17-8-7-14(28-17)11-23-24-19(25)15-4-3-9-22-18(15)21/h3-11H,1-2H3,(H,24,25). The molecule has 1 aromatic carbocycles. The third-order valence-corrected chi connectivity index (χ3v) is 4.21. The number of hydrazone groups is 1. The third-order valence-electron chi connectivity index (χ3n) is 3.91. The predicted octanol–water partition coefficient (Wildman–Crippen LogP) is 3.85. The SMILES string of the molecule is COC(=O)c1ccc(C)c(-c2ccc(C=NNC(=O)c3cccnc3Cl)o2)c1. The van der Waals surface area contributed by atoms with Gasteiger partial charge < -0.3 is 9.15 Å². The van der Waals surface area contributed by atoms with Crippen molar-refractivity contribution in [1.29, 1.82) is 0 Å². The van der Waals surface area contributed by atoms with E-state index in [1.165, 1.54) is 19.5 Å². The van der Waals surface area contributed by atoms with Crippen LogP contribution in [0.4, 0.5) is 0 Å². The average molecular weight is 398 g/mol. The number of halogens is 1. The zero-order chi connectivity index (χ0) is 20.1. The van der Waals surface area contributed by atoms with Gasteiger partial charge >= 0.3 is 5.97 Å². The number of amides is 1. The van der Waals surface area contributed by atoms with Gasteiger partial charge in [-0.3, -0.25) is 4.79 Å². The van der Waals surface area contributed by atoms with E-state index in [4.69, 9.17) is 20.8 Å². The van der Waals surface area contributed by atoms with Crippen LogP contribution >= 0.6 is 11.6 Å². The maximum Gasteiger partial charge on any atom is 0.337 e. The van der Waals surface area contributed by atoms with Crippen LogP contribution in [0.15, 0.2) is 58.2 Å². The molecule has 0 atom stereocenters. The molecule has 1 amide bonds. The first-order valence-electron chi connectivity index (χ1n) is 8.22. The molecule has 2 aromatic heterocycles. The monoisotopic (exact) mass is 397 g/mol. The van der Waals surface area contributed by atoms with Crippen LogP contribution < -0.4 is 5.43 Å². The smallest absolute Gasteiger partial charge is 0.337 e. The highest BCUT2D eigenvalue weighted by Gasteiger charge is 2.12. The summed E-state index contributed by atoms with van der Waals surface area (Å²) in [4.78, 5) is 27.6. The third kappa shape index (κ3) is 4.27. The van der Waals surface area contributed by atoms with Crippen molar-refractivity contribution in [3.63, 3.8) is 0 Å². The van der Waals surface area contributed by atoms with Gasteiger partial charge in [0.15, 0.2) is 0 Å². The van der Waals surface area contributed by atoms with Crippen molar-refractivity contribution in [2.45, 2.75) is 6.92 Å². The number of esters is 1. The Morgan fingerprint density at radius 3 is 2.82 bits per heavy atom. The van der Waals surface area contributed by atoms with E-state index >= 15 is 0 Å². The molecule has 142 valence electrons. The van der Waals surface area contributed by atoms with Crippen molar-refractivity contribution in [2.75, 3.05) is 7.11 Å². The Morgan fingerprint density at radius 2 is 2.07 bits per heavy atom. The van der Waals surface area contributed by atoms with Crippen LogP contribution in [0.1, 0.15) is 32.0 Å². The highest BCUT2D eigenvalue weighted by molar-refractivity contribution is 6.32. The van der Waals surface area contributed by atoms with Crippen LogP contribution in [0.2, 0.25) is 5.15 Å². The van der Waals surface area contributed by atoms with Gasteiger partial charge in [-0.15, -0.1) is 0 Å². The molecule has 0 bridgehead atoms. The molecule has 0 unspecified atom stereocenters. The molecule has 0 saturated carbocycles. The van der Waals surface area contributed by atoms with E-state index in [0.29, 0.717) is 17.1 Å². The van der Waals surface area contributed by atoms with E-state index in [1.54, 1.807) is 36.4 Å². The quantitative estimate of drug-likeness (QED) is 0.305. The first-order valence-corrected chi connectivity index (χ1v) is 8.60. The number of rotatable bonds is 5. The number of aromatic nitrogens is 1. The number of hydrogen-bond acceptors (Lipinski definition) is 6. The molecule has 7 nitrogen and oxygen atoms in total. The van der Waals surface area contributed by atoms with Crippen molar-refractivity contribution in [1.82, 2.24) is 10.4 Å². The van der Waals surface area contributed by atoms with Crippen LogP contribution in [0, 0.1) is 6.92 Å². The number of nitrogens with zero attached hydrogens (tertiary/aromatic N) is 2. The number of aryl methyl sites for hydroxylation is 1. The number of carbonyl (C=O) groups is 2. The van der Waals surface area contributed by atoms with Gasteiger partial charge in [-0.25, -0.2) is 15.2 Å². The number of ether oxygens (including phenoxy) is 1. The number of benzene rings is 1. The summed E-state index contributed by atoms with van der Waals surface area (Å²) in [6.45, 7) is 1.91. The second-order valence-electron chi connectivity index (χ2n) is 5.76. The summed E-state index contributed by atoms with van der Waals surface area (Å²) in [6, 6.07) is 11.8. The van der Waals surface area contributed by atoms with Gasteiger partial charge in [0.2, 0.25) is 0 Å². The summed E-state index contributed by atoms with van der Waals surface area (Å²) in [5.74, 6) is 0.0795. The molecule has 2 heterocycles. The van der Waals surface area contributed by atoms with E-state index in [0.717, 1.165) is 11.1 Å². The molecule has 8 heteroatoms. The minimum atomic E-state index is -0.484. The van der Waals surface area contributed by atoms with Crippen molar-refractivity contribution in [3.8, 4) is 11.3 Å². The van der Waals surface area contributed by atoms with Crippen molar-refractivity contribution < 1.29 is 18.7 Å². The number of methoxy groups -OCH3 is 1. The van der Waals surface area contributed by atoms with Gasteiger partial charge in [-0.1, -0.05) is 17.7 Å². The molecule has 3 aromatic rings. The van der Waals surface area contributed by atoms with Gasteiger partial charge in [-0.05, 0) is 48.9 Å². The Balaban J connectivity index is 1.74. The van der Waals surface area contributed by atoms with E-state index in [1.807, 2.05) is 13.0 Å². The van der Waals surface area contributed by atoms with E-state index in [9.17, 15) is 9.59 Å². The number of nitrogens with one attached hydrogen (secondary N) is 1. The number of furan rings is 1. The Labute approximate surface area is 166 Å². The maximum absolute atomic E-state index is 12.0. The molecule has 0 radical (unpaired) electrons. The summed E-state index contributed by atoms with van der Waals surface area (Å²) >= 11 is 5.87. The number of carbonyl (C=O) groups excluding carboxylic acids is 2. The molecule has 0 saturated heterocycles. The van der Waals surface area contributed by atoms with Gasteiger partial charge in [-0.2, -0.15) is 5.10 Å². The minimum Gasteiger partial charge on any atom is -0.465 e. The lowest BCUT2D eigenvalue weighted by Crippen LogP contribution is -2.18. The summed E-state index contributed by atoms with van der Waals surface area (Å²) in [5, 5.41) is 3.96.